The summed E-state index contributed by atoms with van der Waals surface area (Å²) in [5.41, 5.74) is 0.801. The van der Waals surface area contributed by atoms with E-state index < -0.39 is 0 Å². The first-order chi connectivity index (χ1) is 6.81. The third-order valence-corrected chi connectivity index (χ3v) is 2.72. The van der Waals surface area contributed by atoms with Crippen LogP contribution in [-0.4, -0.2) is 4.98 Å². The molecule has 2 aromatic heterocycles. The monoisotopic (exact) mass is 204 g/mol. The first kappa shape index (κ1) is 8.97. The van der Waals surface area contributed by atoms with Crippen LogP contribution in [-0.2, 0) is 6.42 Å². The summed E-state index contributed by atoms with van der Waals surface area (Å²) in [4.78, 5) is 5.26. The minimum Gasteiger partial charge on any atom is -0.439 e. The first-order valence-electron chi connectivity index (χ1n) is 4.18. The predicted molar refractivity (Wildman–Crippen MR) is 53.9 cm³/mol. The van der Waals surface area contributed by atoms with Crippen molar-refractivity contribution in [3.8, 4) is 16.8 Å². The third-order valence-electron chi connectivity index (χ3n) is 1.86. The number of hydrogen-bond donors (Lipinski definition) is 0. The van der Waals surface area contributed by atoms with Crippen LogP contribution in [0.15, 0.2) is 21.9 Å². The molecule has 0 aromatic carbocycles. The Morgan fingerprint density at radius 2 is 2.50 bits per heavy atom. The molecule has 0 aliphatic rings. The highest BCUT2D eigenvalue weighted by molar-refractivity contribution is 7.13. The highest BCUT2D eigenvalue weighted by Crippen LogP contribution is 2.25. The fourth-order valence-electron chi connectivity index (χ4n) is 1.17. The van der Waals surface area contributed by atoms with E-state index in [4.69, 9.17) is 9.68 Å². The van der Waals surface area contributed by atoms with Gasteiger partial charge in [-0.3, -0.25) is 0 Å². The second-order valence-corrected chi connectivity index (χ2v) is 3.79. The molecule has 0 unspecified atom stereocenters. The van der Waals surface area contributed by atoms with Crippen molar-refractivity contribution in [2.45, 2.75) is 13.3 Å². The van der Waals surface area contributed by atoms with Crippen molar-refractivity contribution in [1.29, 1.82) is 5.26 Å². The molecule has 0 saturated heterocycles. The minimum absolute atomic E-state index is 0.282. The van der Waals surface area contributed by atoms with Crippen LogP contribution in [0.1, 0.15) is 11.5 Å². The number of thiophene rings is 1. The van der Waals surface area contributed by atoms with Crippen molar-refractivity contribution < 1.29 is 4.42 Å². The maximum Gasteiger partial charge on any atom is 0.236 e. The van der Waals surface area contributed by atoms with E-state index in [-0.39, 0.29) is 6.42 Å². The molecule has 2 heterocycles. The van der Waals surface area contributed by atoms with Gasteiger partial charge in [0.25, 0.3) is 0 Å². The molecular formula is C10H8N2OS. The summed E-state index contributed by atoms with van der Waals surface area (Å²) in [6, 6.07) is 5.95. The van der Waals surface area contributed by atoms with Crippen molar-refractivity contribution in [2.75, 3.05) is 0 Å². The molecule has 0 saturated carbocycles. The Kier molecular flexibility index (Phi) is 2.33. The normalized spacial score (nSPS) is 10.0. The maximum absolute atomic E-state index is 8.55. The second-order valence-electron chi connectivity index (χ2n) is 2.84. The van der Waals surface area contributed by atoms with Crippen LogP contribution in [0.5, 0.6) is 0 Å². The number of nitrogens with zero attached hydrogens (tertiary/aromatic N) is 2. The van der Waals surface area contributed by atoms with E-state index >= 15 is 0 Å². The number of aryl methyl sites for hydroxylation is 1. The van der Waals surface area contributed by atoms with E-state index in [1.54, 1.807) is 11.3 Å². The van der Waals surface area contributed by atoms with Crippen molar-refractivity contribution >= 4 is 11.3 Å². The van der Waals surface area contributed by atoms with E-state index in [1.165, 1.54) is 0 Å². The fourth-order valence-corrected chi connectivity index (χ4v) is 1.82. The van der Waals surface area contributed by atoms with Gasteiger partial charge in [-0.05, 0) is 18.4 Å². The topological polar surface area (TPSA) is 49.8 Å². The summed E-state index contributed by atoms with van der Waals surface area (Å²) in [5, 5.41) is 10.5. The number of nitriles is 1. The number of hydrogen-bond acceptors (Lipinski definition) is 4. The SMILES string of the molecule is Cc1nc(-c2cccs2)oc1CC#N. The van der Waals surface area contributed by atoms with Gasteiger partial charge in [-0.1, -0.05) is 6.07 Å². The van der Waals surface area contributed by atoms with Crippen molar-refractivity contribution in [3.63, 3.8) is 0 Å². The van der Waals surface area contributed by atoms with Gasteiger partial charge in [-0.2, -0.15) is 5.26 Å². The Bertz CT molecular complexity index is 465. The molecule has 0 spiro atoms. The van der Waals surface area contributed by atoms with Crippen LogP contribution in [0.2, 0.25) is 0 Å². The molecular weight excluding hydrogens is 196 g/mol. The largest absolute Gasteiger partial charge is 0.439 e. The number of aromatic nitrogens is 1. The highest BCUT2D eigenvalue weighted by Gasteiger charge is 2.11. The summed E-state index contributed by atoms with van der Waals surface area (Å²) in [5.74, 6) is 1.28. The van der Waals surface area contributed by atoms with Crippen LogP contribution < -0.4 is 0 Å². The lowest BCUT2D eigenvalue weighted by Crippen LogP contribution is -1.80. The van der Waals surface area contributed by atoms with Crippen LogP contribution in [0, 0.1) is 18.3 Å². The first-order valence-corrected chi connectivity index (χ1v) is 5.06. The third kappa shape index (κ3) is 1.54. The summed E-state index contributed by atoms with van der Waals surface area (Å²) in [6.07, 6.45) is 0.282. The molecule has 0 N–H and O–H groups in total. The Labute approximate surface area is 85.6 Å². The van der Waals surface area contributed by atoms with Gasteiger partial charge in [-0.15, -0.1) is 11.3 Å². The fraction of sp³-hybridized carbons (Fsp3) is 0.200. The second kappa shape index (κ2) is 3.64. The molecule has 2 aromatic rings. The standard InChI is InChI=1S/C10H8N2OS/c1-7-8(4-5-11)13-10(12-7)9-3-2-6-14-9/h2-3,6H,4H2,1H3. The molecule has 0 fully saturated rings. The molecule has 14 heavy (non-hydrogen) atoms. The van der Waals surface area contributed by atoms with E-state index in [2.05, 4.69) is 11.1 Å². The summed E-state index contributed by atoms with van der Waals surface area (Å²) in [7, 11) is 0. The smallest absolute Gasteiger partial charge is 0.236 e. The van der Waals surface area contributed by atoms with Gasteiger partial charge in [0.2, 0.25) is 5.89 Å². The van der Waals surface area contributed by atoms with E-state index in [9.17, 15) is 0 Å². The average Bonchev–Trinajstić information content (AvgIpc) is 2.76. The van der Waals surface area contributed by atoms with Crippen LogP contribution in [0.4, 0.5) is 0 Å². The van der Waals surface area contributed by atoms with E-state index in [1.807, 2.05) is 24.4 Å². The summed E-state index contributed by atoms with van der Waals surface area (Å²) < 4.78 is 5.48. The molecule has 0 amide bonds. The number of oxazole rings is 1. The number of rotatable bonds is 2. The molecule has 0 bridgehead atoms. The van der Waals surface area contributed by atoms with Gasteiger partial charge >= 0.3 is 0 Å². The molecule has 0 aliphatic heterocycles. The lowest BCUT2D eigenvalue weighted by atomic mass is 10.3. The molecule has 2 rings (SSSR count). The Morgan fingerprint density at radius 3 is 3.14 bits per heavy atom. The van der Waals surface area contributed by atoms with E-state index in [0.717, 1.165) is 10.6 Å². The van der Waals surface area contributed by atoms with Gasteiger partial charge in [0.05, 0.1) is 23.1 Å². The predicted octanol–water partition coefficient (Wildman–Crippen LogP) is 2.78. The highest BCUT2D eigenvalue weighted by atomic mass is 32.1. The van der Waals surface area contributed by atoms with Crippen LogP contribution >= 0.6 is 11.3 Å². The minimum atomic E-state index is 0.282. The Hall–Kier alpha value is -1.60. The summed E-state index contributed by atoms with van der Waals surface area (Å²) >= 11 is 1.58. The van der Waals surface area contributed by atoms with Crippen LogP contribution in [0.3, 0.4) is 0 Å². The average molecular weight is 204 g/mol. The summed E-state index contributed by atoms with van der Waals surface area (Å²) in [6.45, 7) is 1.85. The maximum atomic E-state index is 8.55. The van der Waals surface area contributed by atoms with Gasteiger partial charge < -0.3 is 4.42 Å². The Balaban J connectivity index is 2.39. The molecule has 0 atom stereocenters. The molecule has 4 heteroatoms. The zero-order valence-electron chi connectivity index (χ0n) is 7.65. The molecule has 3 nitrogen and oxygen atoms in total. The van der Waals surface area contributed by atoms with Crippen molar-refractivity contribution in [3.05, 3.63) is 29.0 Å². The van der Waals surface area contributed by atoms with Gasteiger partial charge in [0.1, 0.15) is 5.76 Å². The van der Waals surface area contributed by atoms with Gasteiger partial charge in [0.15, 0.2) is 0 Å². The molecule has 0 aliphatic carbocycles. The quantitative estimate of drug-likeness (QED) is 0.755. The van der Waals surface area contributed by atoms with E-state index in [0.29, 0.717) is 11.7 Å². The molecule has 70 valence electrons. The lowest BCUT2D eigenvalue weighted by molar-refractivity contribution is 0.532. The zero-order valence-corrected chi connectivity index (χ0v) is 8.47. The van der Waals surface area contributed by atoms with Gasteiger partial charge in [-0.25, -0.2) is 4.98 Å². The Morgan fingerprint density at radius 1 is 1.64 bits per heavy atom. The van der Waals surface area contributed by atoms with Gasteiger partial charge in [0, 0.05) is 0 Å². The van der Waals surface area contributed by atoms with Crippen molar-refractivity contribution in [1.82, 2.24) is 4.98 Å². The lowest BCUT2D eigenvalue weighted by Gasteiger charge is -1.86. The molecule has 0 radical (unpaired) electrons. The van der Waals surface area contributed by atoms with Crippen molar-refractivity contribution in [2.24, 2.45) is 0 Å². The van der Waals surface area contributed by atoms with Crippen LogP contribution in [0.25, 0.3) is 10.8 Å². The zero-order chi connectivity index (χ0) is 9.97.